The molecule has 0 bridgehead atoms. The fourth-order valence-corrected chi connectivity index (χ4v) is 5.10. The molecule has 2 fully saturated rings. The highest BCUT2D eigenvalue weighted by Gasteiger charge is 2.60. The molecule has 35 heavy (non-hydrogen) atoms. The Morgan fingerprint density at radius 1 is 0.914 bits per heavy atom. The first-order chi connectivity index (χ1) is 16.9. The second kappa shape index (κ2) is 9.16. The number of ether oxygens (including phenoxy) is 2. The van der Waals surface area contributed by atoms with Crippen LogP contribution in [-0.2, 0) is 9.59 Å². The van der Waals surface area contributed by atoms with E-state index in [4.69, 9.17) is 9.47 Å². The molecule has 8 nitrogen and oxygen atoms in total. The number of halogens is 1. The Morgan fingerprint density at radius 3 is 2.43 bits per heavy atom. The van der Waals surface area contributed by atoms with Crippen LogP contribution in [0.1, 0.15) is 22.0 Å². The number of carbonyl (C=O) groups is 3. The third kappa shape index (κ3) is 3.86. The highest BCUT2D eigenvalue weighted by atomic mass is 79.9. The number of nitrogens with one attached hydrogen (secondary N) is 1. The Bertz CT molecular complexity index is 1330. The van der Waals surface area contributed by atoms with Gasteiger partial charge in [-0.25, -0.2) is 10.3 Å². The maximum absolute atomic E-state index is 13.8. The summed E-state index contributed by atoms with van der Waals surface area (Å²) in [7, 11) is 3.04. The van der Waals surface area contributed by atoms with Gasteiger partial charge in [-0.1, -0.05) is 46.3 Å². The van der Waals surface area contributed by atoms with E-state index in [1.807, 2.05) is 18.2 Å². The monoisotopic (exact) mass is 535 g/mol. The van der Waals surface area contributed by atoms with Crippen molar-refractivity contribution in [3.63, 3.8) is 0 Å². The summed E-state index contributed by atoms with van der Waals surface area (Å²) in [6.07, 6.45) is 0. The van der Waals surface area contributed by atoms with Crippen LogP contribution in [0.4, 0.5) is 5.69 Å². The van der Waals surface area contributed by atoms with Gasteiger partial charge in [0, 0.05) is 10.0 Å². The normalized spacial score (nSPS) is 21.3. The van der Waals surface area contributed by atoms with E-state index in [0.29, 0.717) is 22.7 Å². The van der Waals surface area contributed by atoms with Gasteiger partial charge in [0.1, 0.15) is 17.5 Å². The third-order valence-corrected chi connectivity index (χ3v) is 6.80. The Hall–Kier alpha value is -3.69. The number of carbonyl (C=O) groups excluding carboxylic acids is 3. The Kier molecular flexibility index (Phi) is 6.04. The average molecular weight is 536 g/mol. The van der Waals surface area contributed by atoms with Crippen molar-refractivity contribution in [3.8, 4) is 11.5 Å². The van der Waals surface area contributed by atoms with E-state index >= 15 is 0 Å². The third-order valence-electron chi connectivity index (χ3n) is 6.30. The van der Waals surface area contributed by atoms with Crippen LogP contribution >= 0.6 is 15.9 Å². The first kappa shape index (κ1) is 23.1. The van der Waals surface area contributed by atoms with Gasteiger partial charge in [0.25, 0.3) is 11.8 Å². The van der Waals surface area contributed by atoms with Crippen LogP contribution in [-0.4, -0.2) is 43.0 Å². The Balaban J connectivity index is 1.61. The highest BCUT2D eigenvalue weighted by molar-refractivity contribution is 9.10. The summed E-state index contributed by atoms with van der Waals surface area (Å²) in [5, 5.41) is 1.28. The lowest BCUT2D eigenvalue weighted by atomic mass is 9.90. The van der Waals surface area contributed by atoms with E-state index in [1.165, 1.54) is 12.1 Å². The molecule has 2 aliphatic rings. The molecule has 0 unspecified atom stereocenters. The fourth-order valence-electron chi connectivity index (χ4n) is 4.70. The summed E-state index contributed by atoms with van der Waals surface area (Å²) in [4.78, 5) is 42.3. The number of rotatable bonds is 5. The van der Waals surface area contributed by atoms with E-state index in [0.717, 1.165) is 14.9 Å². The molecule has 0 saturated carbocycles. The zero-order chi connectivity index (χ0) is 24.7. The second-order valence-corrected chi connectivity index (χ2v) is 9.14. The van der Waals surface area contributed by atoms with Crippen molar-refractivity contribution < 1.29 is 23.9 Å². The molecule has 5 rings (SSSR count). The fraction of sp³-hybridized carbons (Fsp3) is 0.192. The summed E-state index contributed by atoms with van der Waals surface area (Å²) < 4.78 is 11.5. The Labute approximate surface area is 210 Å². The van der Waals surface area contributed by atoms with Crippen LogP contribution in [0.3, 0.4) is 0 Å². The van der Waals surface area contributed by atoms with Crippen molar-refractivity contribution in [2.24, 2.45) is 5.92 Å². The van der Waals surface area contributed by atoms with Gasteiger partial charge in [-0.2, -0.15) is 0 Å². The molecular weight excluding hydrogens is 514 g/mol. The first-order valence-electron chi connectivity index (χ1n) is 10.9. The number of anilines is 1. The molecule has 3 aromatic carbocycles. The van der Waals surface area contributed by atoms with Crippen molar-refractivity contribution in [1.82, 2.24) is 10.4 Å². The Morgan fingerprint density at radius 2 is 1.69 bits per heavy atom. The van der Waals surface area contributed by atoms with Crippen molar-refractivity contribution in [3.05, 3.63) is 88.4 Å². The largest absolute Gasteiger partial charge is 0.497 e. The predicted molar refractivity (Wildman–Crippen MR) is 132 cm³/mol. The minimum Gasteiger partial charge on any atom is -0.497 e. The van der Waals surface area contributed by atoms with E-state index in [1.54, 1.807) is 61.7 Å². The standard InChI is InChI=1S/C26H22BrN3O5/c1-34-18-10-6-7-15(14-18)22-21-23(30(28-22)24(31)16-8-5-9-17(27)13-16)26(33)29(25(21)32)19-11-3-4-12-20(19)35-2/h3-14,21-23,28H,1-2H3/t21-,22+,23-/m1/s1. The maximum Gasteiger partial charge on any atom is 0.268 e. The van der Waals surface area contributed by atoms with E-state index in [-0.39, 0.29) is 0 Å². The molecule has 3 aromatic rings. The molecule has 9 heteroatoms. The van der Waals surface area contributed by atoms with Crippen LogP contribution in [0, 0.1) is 5.92 Å². The quantitative estimate of drug-likeness (QED) is 0.501. The number of fused-ring (bicyclic) bond motifs is 1. The molecule has 0 aliphatic carbocycles. The number of hydrogen-bond acceptors (Lipinski definition) is 6. The van der Waals surface area contributed by atoms with Gasteiger partial charge in [-0.3, -0.25) is 19.4 Å². The minimum absolute atomic E-state index is 0.346. The summed E-state index contributed by atoms with van der Waals surface area (Å²) >= 11 is 3.39. The predicted octanol–water partition coefficient (Wildman–Crippen LogP) is 3.73. The number of para-hydroxylation sites is 2. The maximum atomic E-state index is 13.8. The number of amides is 3. The molecule has 0 radical (unpaired) electrons. The second-order valence-electron chi connectivity index (χ2n) is 8.22. The molecular formula is C26H22BrN3O5. The number of imide groups is 1. The first-order valence-corrected chi connectivity index (χ1v) is 11.7. The lowest BCUT2D eigenvalue weighted by molar-refractivity contribution is -0.123. The van der Waals surface area contributed by atoms with Gasteiger partial charge in [0.05, 0.1) is 31.9 Å². The van der Waals surface area contributed by atoms with Crippen LogP contribution in [0.15, 0.2) is 77.3 Å². The SMILES string of the molecule is COc1cccc([C@@H]2NN(C(=O)c3cccc(Br)c3)[C@H]3C(=O)N(c4ccccc4OC)C(=O)[C@H]23)c1. The van der Waals surface area contributed by atoms with E-state index < -0.39 is 35.7 Å². The topological polar surface area (TPSA) is 88.2 Å². The summed E-state index contributed by atoms with van der Waals surface area (Å²) in [5.74, 6) is -1.15. The van der Waals surface area contributed by atoms with Crippen molar-refractivity contribution in [1.29, 1.82) is 0 Å². The van der Waals surface area contributed by atoms with Crippen LogP contribution in [0.5, 0.6) is 11.5 Å². The van der Waals surface area contributed by atoms with Gasteiger partial charge in [0.15, 0.2) is 0 Å². The summed E-state index contributed by atoms with van der Waals surface area (Å²) in [5.41, 5.74) is 4.61. The van der Waals surface area contributed by atoms with Crippen molar-refractivity contribution in [2.45, 2.75) is 12.1 Å². The van der Waals surface area contributed by atoms with Crippen LogP contribution in [0.25, 0.3) is 0 Å². The zero-order valence-corrected chi connectivity index (χ0v) is 20.6. The smallest absolute Gasteiger partial charge is 0.268 e. The average Bonchev–Trinajstić information content (AvgIpc) is 3.40. The number of hydrogen-bond donors (Lipinski definition) is 1. The number of nitrogens with zero attached hydrogens (tertiary/aromatic N) is 2. The molecule has 178 valence electrons. The minimum atomic E-state index is -1.03. The molecule has 1 N–H and O–H groups in total. The highest BCUT2D eigenvalue weighted by Crippen LogP contribution is 2.44. The molecule has 2 heterocycles. The van der Waals surface area contributed by atoms with Gasteiger partial charge in [-0.05, 0) is 48.0 Å². The van der Waals surface area contributed by atoms with Gasteiger partial charge in [0.2, 0.25) is 5.91 Å². The molecule has 2 aliphatic heterocycles. The molecule has 3 amide bonds. The van der Waals surface area contributed by atoms with Gasteiger partial charge >= 0.3 is 0 Å². The summed E-state index contributed by atoms with van der Waals surface area (Å²) in [6.45, 7) is 0. The summed E-state index contributed by atoms with van der Waals surface area (Å²) in [6, 6.07) is 19.3. The van der Waals surface area contributed by atoms with Crippen molar-refractivity contribution >= 4 is 39.3 Å². The number of benzene rings is 3. The van der Waals surface area contributed by atoms with E-state index in [9.17, 15) is 14.4 Å². The van der Waals surface area contributed by atoms with Gasteiger partial charge in [-0.15, -0.1) is 0 Å². The lowest BCUT2D eigenvalue weighted by Gasteiger charge is -2.26. The molecule has 0 aromatic heterocycles. The van der Waals surface area contributed by atoms with Crippen LogP contribution in [0.2, 0.25) is 0 Å². The lowest BCUT2D eigenvalue weighted by Crippen LogP contribution is -2.48. The molecule has 2 saturated heterocycles. The zero-order valence-electron chi connectivity index (χ0n) is 19.0. The van der Waals surface area contributed by atoms with E-state index in [2.05, 4.69) is 21.4 Å². The van der Waals surface area contributed by atoms with Gasteiger partial charge < -0.3 is 9.47 Å². The number of methoxy groups -OCH3 is 2. The number of hydrazine groups is 1. The van der Waals surface area contributed by atoms with Crippen LogP contribution < -0.4 is 19.8 Å². The van der Waals surface area contributed by atoms with Crippen molar-refractivity contribution in [2.75, 3.05) is 19.1 Å². The molecule has 3 atom stereocenters. The molecule has 0 spiro atoms.